The van der Waals surface area contributed by atoms with Crippen LogP contribution < -0.4 is 5.32 Å². The summed E-state index contributed by atoms with van der Waals surface area (Å²) in [5.74, 6) is 0.674. The van der Waals surface area contributed by atoms with Crippen LogP contribution in [0.1, 0.15) is 42.9 Å². The molecule has 0 unspecified atom stereocenters. The predicted molar refractivity (Wildman–Crippen MR) is 90.7 cm³/mol. The lowest BCUT2D eigenvalue weighted by Gasteiger charge is -2.20. The minimum atomic E-state index is -0.503. The van der Waals surface area contributed by atoms with E-state index in [2.05, 4.69) is 10.3 Å². The van der Waals surface area contributed by atoms with Crippen LogP contribution in [0.25, 0.3) is 0 Å². The van der Waals surface area contributed by atoms with Gasteiger partial charge in [0, 0.05) is 24.5 Å². The monoisotopic (exact) mass is 324 g/mol. The molecular formula is C19H20N2O3. The molecule has 24 heavy (non-hydrogen) atoms. The second-order valence-corrected chi connectivity index (χ2v) is 5.97. The number of ketones is 1. The molecule has 1 fully saturated rings. The van der Waals surface area contributed by atoms with Gasteiger partial charge in [0.05, 0.1) is 11.9 Å². The first-order chi connectivity index (χ1) is 11.7. The van der Waals surface area contributed by atoms with Crippen molar-refractivity contribution < 1.29 is 14.3 Å². The quantitative estimate of drug-likeness (QED) is 0.921. The van der Waals surface area contributed by atoms with Crippen LogP contribution in [-0.2, 0) is 16.1 Å². The van der Waals surface area contributed by atoms with Crippen LogP contribution >= 0.6 is 0 Å². The van der Waals surface area contributed by atoms with Gasteiger partial charge >= 0.3 is 6.09 Å². The van der Waals surface area contributed by atoms with E-state index in [0.29, 0.717) is 30.2 Å². The molecular weight excluding hydrogens is 304 g/mol. The maximum absolute atomic E-state index is 11.8. The Labute approximate surface area is 141 Å². The topological polar surface area (TPSA) is 68.3 Å². The van der Waals surface area contributed by atoms with Crippen molar-refractivity contribution in [1.82, 2.24) is 4.98 Å². The number of aromatic nitrogens is 1. The molecule has 1 saturated carbocycles. The third-order valence-corrected chi connectivity index (χ3v) is 4.21. The van der Waals surface area contributed by atoms with Gasteiger partial charge in [-0.2, -0.15) is 0 Å². The van der Waals surface area contributed by atoms with Crippen molar-refractivity contribution >= 4 is 17.6 Å². The van der Waals surface area contributed by atoms with Gasteiger partial charge in [-0.15, -0.1) is 0 Å². The Morgan fingerprint density at radius 2 is 1.88 bits per heavy atom. The van der Waals surface area contributed by atoms with Crippen LogP contribution in [0, 0.1) is 0 Å². The Balaban J connectivity index is 1.50. The summed E-state index contributed by atoms with van der Waals surface area (Å²) < 4.78 is 5.18. The Bertz CT molecular complexity index is 688. The van der Waals surface area contributed by atoms with E-state index in [9.17, 15) is 9.59 Å². The molecule has 5 nitrogen and oxygen atoms in total. The van der Waals surface area contributed by atoms with E-state index >= 15 is 0 Å². The summed E-state index contributed by atoms with van der Waals surface area (Å²) in [6.45, 7) is 0.230. The van der Waals surface area contributed by atoms with Crippen molar-refractivity contribution in [1.29, 1.82) is 0 Å². The molecule has 1 aliphatic carbocycles. The summed E-state index contributed by atoms with van der Waals surface area (Å²) >= 11 is 0. The number of Topliss-reactive ketones (excluding diaryl/α,β-unsaturated/α-hetero) is 1. The molecule has 0 radical (unpaired) electrons. The molecule has 2 aromatic rings. The number of carbonyl (C=O) groups is 2. The number of nitrogens with one attached hydrogen (secondary N) is 1. The summed E-state index contributed by atoms with van der Waals surface area (Å²) in [6, 6.07) is 13.3. The molecule has 0 atom stereocenters. The van der Waals surface area contributed by atoms with Gasteiger partial charge in [0.1, 0.15) is 12.4 Å². The smallest absolute Gasteiger partial charge is 0.412 e. The van der Waals surface area contributed by atoms with Crippen molar-refractivity contribution in [3.05, 3.63) is 59.9 Å². The van der Waals surface area contributed by atoms with E-state index < -0.39 is 6.09 Å². The lowest BCUT2D eigenvalue weighted by Crippen LogP contribution is -2.15. The third-order valence-electron chi connectivity index (χ3n) is 4.21. The molecule has 0 spiro atoms. The first-order valence-corrected chi connectivity index (χ1v) is 8.16. The Hall–Kier alpha value is -2.69. The number of ether oxygens (including phenoxy) is 1. The number of rotatable bonds is 4. The van der Waals surface area contributed by atoms with Crippen LogP contribution in [0.4, 0.5) is 10.5 Å². The second-order valence-electron chi connectivity index (χ2n) is 5.97. The SMILES string of the molecule is O=C1CCC(c2ccc(NC(=O)OCc3ccccc3)cn2)CC1. The van der Waals surface area contributed by atoms with Gasteiger partial charge in [-0.3, -0.25) is 15.1 Å². The number of hydrogen-bond donors (Lipinski definition) is 1. The largest absolute Gasteiger partial charge is 0.444 e. The number of nitrogens with zero attached hydrogens (tertiary/aromatic N) is 1. The molecule has 1 amide bonds. The van der Waals surface area contributed by atoms with Crippen molar-refractivity contribution in [3.63, 3.8) is 0 Å². The summed E-state index contributed by atoms with van der Waals surface area (Å²) in [6.07, 6.45) is 4.12. The molecule has 0 aliphatic heterocycles. The Kier molecular flexibility index (Phi) is 5.21. The van der Waals surface area contributed by atoms with Crippen LogP contribution in [0.15, 0.2) is 48.7 Å². The highest BCUT2D eigenvalue weighted by Crippen LogP contribution is 2.30. The highest BCUT2D eigenvalue weighted by Gasteiger charge is 2.21. The predicted octanol–water partition coefficient (Wildman–Crippen LogP) is 4.06. The van der Waals surface area contributed by atoms with Gasteiger partial charge in [-0.25, -0.2) is 4.79 Å². The molecule has 1 N–H and O–H groups in total. The Morgan fingerprint density at radius 3 is 2.54 bits per heavy atom. The number of anilines is 1. The zero-order valence-corrected chi connectivity index (χ0v) is 13.4. The number of carbonyl (C=O) groups excluding carboxylic acids is 2. The van der Waals surface area contributed by atoms with Gasteiger partial charge in [0.2, 0.25) is 0 Å². The number of hydrogen-bond acceptors (Lipinski definition) is 4. The fraction of sp³-hybridized carbons (Fsp3) is 0.316. The van der Waals surface area contributed by atoms with Crippen molar-refractivity contribution in [2.75, 3.05) is 5.32 Å². The molecule has 1 aromatic carbocycles. The average molecular weight is 324 g/mol. The third kappa shape index (κ3) is 4.41. The lowest BCUT2D eigenvalue weighted by atomic mass is 9.86. The zero-order valence-electron chi connectivity index (χ0n) is 13.4. The molecule has 5 heteroatoms. The van der Waals surface area contributed by atoms with Crippen LogP contribution in [0.2, 0.25) is 0 Å². The summed E-state index contributed by atoms with van der Waals surface area (Å²) in [7, 11) is 0. The Morgan fingerprint density at radius 1 is 1.12 bits per heavy atom. The van der Waals surface area contributed by atoms with E-state index in [-0.39, 0.29) is 6.61 Å². The van der Waals surface area contributed by atoms with E-state index in [1.54, 1.807) is 6.20 Å². The van der Waals surface area contributed by atoms with Crippen molar-refractivity contribution in [2.45, 2.75) is 38.2 Å². The van der Waals surface area contributed by atoms with Gasteiger partial charge in [-0.05, 0) is 30.5 Å². The standard InChI is InChI=1S/C19H20N2O3/c22-17-9-6-15(7-10-17)18-11-8-16(12-20-18)21-19(23)24-13-14-4-2-1-3-5-14/h1-5,8,11-12,15H,6-7,9-10,13H2,(H,21,23). The number of pyridine rings is 1. The fourth-order valence-electron chi connectivity index (χ4n) is 2.83. The number of benzene rings is 1. The molecule has 1 aromatic heterocycles. The van der Waals surface area contributed by atoms with Crippen LogP contribution in [0.3, 0.4) is 0 Å². The lowest BCUT2D eigenvalue weighted by molar-refractivity contribution is -0.120. The van der Waals surface area contributed by atoms with Crippen LogP contribution in [0.5, 0.6) is 0 Å². The van der Waals surface area contributed by atoms with Crippen molar-refractivity contribution in [3.8, 4) is 0 Å². The summed E-state index contributed by atoms with van der Waals surface area (Å²) in [5.41, 5.74) is 2.52. The first kappa shape index (κ1) is 16.2. The highest BCUT2D eigenvalue weighted by atomic mass is 16.5. The van der Waals surface area contributed by atoms with Crippen LogP contribution in [-0.4, -0.2) is 16.9 Å². The molecule has 124 valence electrons. The average Bonchev–Trinajstić information content (AvgIpc) is 2.62. The molecule has 3 rings (SSSR count). The first-order valence-electron chi connectivity index (χ1n) is 8.16. The maximum atomic E-state index is 11.8. The highest BCUT2D eigenvalue weighted by molar-refractivity contribution is 5.84. The van der Waals surface area contributed by atoms with E-state index in [1.807, 2.05) is 42.5 Å². The second kappa shape index (κ2) is 7.73. The van der Waals surface area contributed by atoms with Gasteiger partial charge in [0.15, 0.2) is 0 Å². The molecule has 1 aliphatic rings. The van der Waals surface area contributed by atoms with E-state index in [4.69, 9.17) is 4.74 Å². The molecule has 1 heterocycles. The minimum absolute atomic E-state index is 0.230. The van der Waals surface area contributed by atoms with E-state index in [0.717, 1.165) is 24.1 Å². The molecule has 0 saturated heterocycles. The minimum Gasteiger partial charge on any atom is -0.444 e. The fourth-order valence-corrected chi connectivity index (χ4v) is 2.83. The molecule has 0 bridgehead atoms. The van der Waals surface area contributed by atoms with Gasteiger partial charge in [-0.1, -0.05) is 30.3 Å². The van der Waals surface area contributed by atoms with Gasteiger partial charge in [0.25, 0.3) is 0 Å². The summed E-state index contributed by atoms with van der Waals surface area (Å²) in [5, 5.41) is 2.67. The normalized spacial score (nSPS) is 15.1. The zero-order chi connectivity index (χ0) is 16.8. The van der Waals surface area contributed by atoms with E-state index in [1.165, 1.54) is 0 Å². The summed E-state index contributed by atoms with van der Waals surface area (Å²) in [4.78, 5) is 27.5. The van der Waals surface area contributed by atoms with Crippen molar-refractivity contribution in [2.24, 2.45) is 0 Å². The van der Waals surface area contributed by atoms with Gasteiger partial charge < -0.3 is 4.74 Å². The maximum Gasteiger partial charge on any atom is 0.412 e. The number of amides is 1.